The molecule has 0 fully saturated rings. The second kappa shape index (κ2) is 8.34. The summed E-state index contributed by atoms with van der Waals surface area (Å²) in [6, 6.07) is 7.19. The van der Waals surface area contributed by atoms with Crippen LogP contribution in [0.15, 0.2) is 18.2 Å². The van der Waals surface area contributed by atoms with Crippen molar-refractivity contribution in [2.75, 3.05) is 26.3 Å². The van der Waals surface area contributed by atoms with Gasteiger partial charge in [0.05, 0.1) is 12.0 Å². The molecule has 1 atom stereocenters. The van der Waals surface area contributed by atoms with Gasteiger partial charge in [-0.25, -0.2) is 0 Å². The molecule has 1 amide bonds. The maximum absolute atomic E-state index is 12.3. The van der Waals surface area contributed by atoms with E-state index in [9.17, 15) is 9.59 Å². The van der Waals surface area contributed by atoms with Crippen molar-refractivity contribution in [2.24, 2.45) is 5.92 Å². The van der Waals surface area contributed by atoms with Crippen LogP contribution in [-0.2, 0) is 4.79 Å². The smallest absolute Gasteiger partial charge is 0.223 e. The van der Waals surface area contributed by atoms with Gasteiger partial charge in [0.2, 0.25) is 5.91 Å². The summed E-state index contributed by atoms with van der Waals surface area (Å²) in [5.41, 5.74) is 0.514. The third-order valence-corrected chi connectivity index (χ3v) is 3.88. The predicted molar refractivity (Wildman–Crippen MR) is 88.0 cm³/mol. The highest BCUT2D eigenvalue weighted by atomic mass is 16.6. The monoisotopic (exact) mass is 330 g/mol. The van der Waals surface area contributed by atoms with Crippen LogP contribution < -0.4 is 9.47 Å². The topological polar surface area (TPSA) is 79.6 Å². The van der Waals surface area contributed by atoms with Crippen molar-refractivity contribution in [3.8, 4) is 17.6 Å². The number of benzene rings is 1. The first-order valence-electron chi connectivity index (χ1n) is 8.15. The molecule has 1 unspecified atom stereocenters. The van der Waals surface area contributed by atoms with E-state index < -0.39 is 0 Å². The average Bonchev–Trinajstić information content (AvgIpc) is 2.63. The molecule has 1 aromatic rings. The van der Waals surface area contributed by atoms with E-state index in [4.69, 9.17) is 14.7 Å². The van der Waals surface area contributed by atoms with Gasteiger partial charge in [-0.15, -0.1) is 0 Å². The van der Waals surface area contributed by atoms with E-state index in [-0.39, 0.29) is 30.4 Å². The fraction of sp³-hybridized carbons (Fsp3) is 0.500. The number of nitrogens with zero attached hydrogens (tertiary/aromatic N) is 2. The third-order valence-electron chi connectivity index (χ3n) is 3.88. The second-order valence-corrected chi connectivity index (χ2v) is 5.74. The van der Waals surface area contributed by atoms with Crippen LogP contribution in [0.4, 0.5) is 0 Å². The minimum absolute atomic E-state index is 0.106. The molecule has 1 aromatic carbocycles. The zero-order valence-corrected chi connectivity index (χ0v) is 14.1. The SMILES string of the molecule is CCN(CC(C)C#N)C(=O)CCC(=O)c1ccc2c(c1)OCCO2. The van der Waals surface area contributed by atoms with Gasteiger partial charge in [0.1, 0.15) is 13.2 Å². The molecule has 1 aliphatic rings. The lowest BCUT2D eigenvalue weighted by molar-refractivity contribution is -0.131. The molecule has 0 N–H and O–H groups in total. The summed E-state index contributed by atoms with van der Waals surface area (Å²) in [5, 5.41) is 8.86. The van der Waals surface area contributed by atoms with Crippen LogP contribution in [0.2, 0.25) is 0 Å². The van der Waals surface area contributed by atoms with E-state index in [1.165, 1.54) is 0 Å². The highest BCUT2D eigenvalue weighted by Crippen LogP contribution is 2.31. The maximum Gasteiger partial charge on any atom is 0.223 e. The Bertz CT molecular complexity index is 651. The van der Waals surface area contributed by atoms with Crippen LogP contribution in [-0.4, -0.2) is 42.9 Å². The molecule has 6 heteroatoms. The Morgan fingerprint density at radius 2 is 1.96 bits per heavy atom. The molecule has 0 bridgehead atoms. The number of rotatable bonds is 7. The standard InChI is InChI=1S/C18H22N2O4/c1-3-20(12-13(2)11-19)18(22)7-5-15(21)14-4-6-16-17(10-14)24-9-8-23-16/h4,6,10,13H,3,5,7-9,12H2,1-2H3. The summed E-state index contributed by atoms with van der Waals surface area (Å²) in [6.45, 7) is 5.53. The van der Waals surface area contributed by atoms with Crippen LogP contribution in [0.25, 0.3) is 0 Å². The van der Waals surface area contributed by atoms with Gasteiger partial charge >= 0.3 is 0 Å². The number of hydrogen-bond acceptors (Lipinski definition) is 5. The quantitative estimate of drug-likeness (QED) is 0.717. The Hall–Kier alpha value is -2.55. The van der Waals surface area contributed by atoms with E-state index in [1.807, 2.05) is 6.92 Å². The van der Waals surface area contributed by atoms with Gasteiger partial charge in [0, 0.05) is 31.5 Å². The van der Waals surface area contributed by atoms with E-state index in [0.29, 0.717) is 43.4 Å². The summed E-state index contributed by atoms with van der Waals surface area (Å²) in [4.78, 5) is 26.1. The van der Waals surface area contributed by atoms with Crippen molar-refractivity contribution in [1.82, 2.24) is 4.90 Å². The van der Waals surface area contributed by atoms with Crippen LogP contribution in [0, 0.1) is 17.2 Å². The van der Waals surface area contributed by atoms with Gasteiger partial charge in [0.25, 0.3) is 0 Å². The highest BCUT2D eigenvalue weighted by Gasteiger charge is 2.18. The Kier molecular flexibility index (Phi) is 6.19. The summed E-state index contributed by atoms with van der Waals surface area (Å²) in [7, 11) is 0. The molecule has 1 aliphatic heterocycles. The van der Waals surface area contributed by atoms with Crippen molar-refractivity contribution in [3.05, 3.63) is 23.8 Å². The molecule has 0 aromatic heterocycles. The number of fused-ring (bicyclic) bond motifs is 1. The fourth-order valence-corrected chi connectivity index (χ4v) is 2.52. The summed E-state index contributed by atoms with van der Waals surface area (Å²) in [5.74, 6) is 0.769. The number of amides is 1. The number of carbonyl (C=O) groups is 2. The normalized spacial score (nSPS) is 13.7. The van der Waals surface area contributed by atoms with E-state index in [1.54, 1.807) is 30.0 Å². The van der Waals surface area contributed by atoms with E-state index in [0.717, 1.165) is 0 Å². The minimum Gasteiger partial charge on any atom is -0.486 e. The first-order valence-corrected chi connectivity index (χ1v) is 8.15. The van der Waals surface area contributed by atoms with Crippen molar-refractivity contribution in [3.63, 3.8) is 0 Å². The molecule has 6 nitrogen and oxygen atoms in total. The average molecular weight is 330 g/mol. The summed E-state index contributed by atoms with van der Waals surface area (Å²) >= 11 is 0. The molecular weight excluding hydrogens is 308 g/mol. The minimum atomic E-state index is -0.220. The molecule has 0 spiro atoms. The van der Waals surface area contributed by atoms with Gasteiger partial charge in [0.15, 0.2) is 17.3 Å². The number of nitriles is 1. The number of carbonyl (C=O) groups excluding carboxylic acids is 2. The first-order chi connectivity index (χ1) is 11.5. The molecule has 128 valence electrons. The summed E-state index contributed by atoms with van der Waals surface area (Å²) < 4.78 is 10.9. The lowest BCUT2D eigenvalue weighted by Crippen LogP contribution is -2.34. The zero-order valence-electron chi connectivity index (χ0n) is 14.1. The lowest BCUT2D eigenvalue weighted by Gasteiger charge is -2.22. The van der Waals surface area contributed by atoms with Gasteiger partial charge < -0.3 is 14.4 Å². The Morgan fingerprint density at radius 3 is 2.62 bits per heavy atom. The van der Waals surface area contributed by atoms with Gasteiger partial charge in [-0.05, 0) is 32.0 Å². The molecular formula is C18H22N2O4. The van der Waals surface area contributed by atoms with Crippen LogP contribution in [0.5, 0.6) is 11.5 Å². The third kappa shape index (κ3) is 4.48. The lowest BCUT2D eigenvalue weighted by atomic mass is 10.0. The van der Waals surface area contributed by atoms with Crippen molar-refractivity contribution in [1.29, 1.82) is 5.26 Å². The van der Waals surface area contributed by atoms with Crippen molar-refractivity contribution < 1.29 is 19.1 Å². The molecule has 0 saturated heterocycles. The molecule has 0 radical (unpaired) electrons. The number of hydrogen-bond donors (Lipinski definition) is 0. The van der Waals surface area contributed by atoms with Crippen LogP contribution in [0.3, 0.4) is 0 Å². The van der Waals surface area contributed by atoms with Gasteiger partial charge in [-0.2, -0.15) is 5.26 Å². The first kappa shape index (κ1) is 17.8. The number of ketones is 1. The van der Waals surface area contributed by atoms with E-state index in [2.05, 4.69) is 6.07 Å². The van der Waals surface area contributed by atoms with Crippen molar-refractivity contribution in [2.45, 2.75) is 26.7 Å². The number of ether oxygens (including phenoxy) is 2. The van der Waals surface area contributed by atoms with Gasteiger partial charge in [-0.3, -0.25) is 9.59 Å². The zero-order chi connectivity index (χ0) is 17.5. The molecule has 0 saturated carbocycles. The van der Waals surface area contributed by atoms with Crippen molar-refractivity contribution >= 4 is 11.7 Å². The Balaban J connectivity index is 1.92. The summed E-state index contributed by atoms with van der Waals surface area (Å²) in [6.07, 6.45) is 0.273. The molecule has 0 aliphatic carbocycles. The Morgan fingerprint density at radius 1 is 1.25 bits per heavy atom. The maximum atomic E-state index is 12.3. The fourth-order valence-electron chi connectivity index (χ4n) is 2.52. The molecule has 1 heterocycles. The predicted octanol–water partition coefficient (Wildman–Crippen LogP) is 2.43. The number of Topliss-reactive ketones (excluding diaryl/α,β-unsaturated/α-hetero) is 1. The van der Waals surface area contributed by atoms with E-state index >= 15 is 0 Å². The Labute approximate surface area is 142 Å². The van der Waals surface area contributed by atoms with Crippen LogP contribution >= 0.6 is 0 Å². The largest absolute Gasteiger partial charge is 0.486 e. The van der Waals surface area contributed by atoms with Crippen LogP contribution in [0.1, 0.15) is 37.0 Å². The molecule has 2 rings (SSSR count). The van der Waals surface area contributed by atoms with Gasteiger partial charge in [-0.1, -0.05) is 0 Å². The molecule has 24 heavy (non-hydrogen) atoms. The highest BCUT2D eigenvalue weighted by molar-refractivity contribution is 5.98. The second-order valence-electron chi connectivity index (χ2n) is 5.74.